The smallest absolute Gasteiger partial charge is 0.309 e. The Morgan fingerprint density at radius 3 is 2.30 bits per heavy atom. The van der Waals surface area contributed by atoms with E-state index in [1.807, 2.05) is 0 Å². The van der Waals surface area contributed by atoms with Crippen molar-refractivity contribution in [2.24, 2.45) is 7.05 Å². The Morgan fingerprint density at radius 1 is 1.07 bits per heavy atom. The molecule has 0 radical (unpaired) electrons. The Kier molecular flexibility index (Phi) is 4.68. The third-order valence-corrected chi connectivity index (χ3v) is 5.54. The van der Waals surface area contributed by atoms with Crippen molar-refractivity contribution in [1.29, 1.82) is 0 Å². The number of hydrogen-bond acceptors (Lipinski definition) is 7. The van der Waals surface area contributed by atoms with Gasteiger partial charge in [0.15, 0.2) is 21.5 Å². The number of sulfone groups is 1. The molecule has 0 aliphatic carbocycles. The van der Waals surface area contributed by atoms with Crippen LogP contribution in [0.15, 0.2) is 35.9 Å². The van der Waals surface area contributed by atoms with Gasteiger partial charge in [0.05, 0.1) is 21.8 Å². The Labute approximate surface area is 152 Å². The molecule has 3 aromatic rings. The molecule has 0 bridgehead atoms. The van der Waals surface area contributed by atoms with Crippen LogP contribution in [0.2, 0.25) is 0 Å². The summed E-state index contributed by atoms with van der Waals surface area (Å²) in [6.45, 7) is 1.34. The molecule has 142 valence electrons. The molecule has 0 spiro atoms. The second-order valence-corrected chi connectivity index (χ2v) is 7.75. The predicted molar refractivity (Wildman–Crippen MR) is 88.0 cm³/mol. The summed E-state index contributed by atoms with van der Waals surface area (Å²) in [4.78, 5) is 10.9. The van der Waals surface area contributed by atoms with Crippen LogP contribution in [-0.4, -0.2) is 43.9 Å². The lowest BCUT2D eigenvalue weighted by atomic mass is 10.2. The maximum atomic E-state index is 13.0. The highest BCUT2D eigenvalue weighted by Gasteiger charge is 2.34. The van der Waals surface area contributed by atoms with Crippen molar-refractivity contribution in [2.45, 2.75) is 18.0 Å². The summed E-state index contributed by atoms with van der Waals surface area (Å²) in [5, 5.41) is 7.87. The van der Waals surface area contributed by atoms with Gasteiger partial charge in [0.2, 0.25) is 0 Å². The van der Waals surface area contributed by atoms with Crippen LogP contribution < -0.4 is 0 Å². The van der Waals surface area contributed by atoms with Crippen molar-refractivity contribution in [2.75, 3.05) is 5.75 Å². The zero-order valence-corrected chi connectivity index (χ0v) is 15.0. The number of alkyl halides is 3. The molecule has 0 amide bonds. The van der Waals surface area contributed by atoms with E-state index in [-0.39, 0.29) is 17.3 Å². The minimum atomic E-state index is -4.73. The van der Waals surface area contributed by atoms with Gasteiger partial charge in [0.1, 0.15) is 12.0 Å². The number of halogens is 3. The zero-order chi connectivity index (χ0) is 19.8. The zero-order valence-electron chi connectivity index (χ0n) is 14.1. The lowest BCUT2D eigenvalue weighted by Crippen LogP contribution is -2.13. The predicted octanol–water partition coefficient (Wildman–Crippen LogP) is 2.15. The summed E-state index contributed by atoms with van der Waals surface area (Å²) in [5.74, 6) is -0.0676. The summed E-state index contributed by atoms with van der Waals surface area (Å²) >= 11 is 0. The third-order valence-electron chi connectivity index (χ3n) is 3.80. The molecule has 3 rings (SSSR count). The van der Waals surface area contributed by atoms with Gasteiger partial charge in [-0.1, -0.05) is 6.92 Å². The van der Waals surface area contributed by atoms with Crippen LogP contribution in [-0.2, 0) is 23.1 Å². The highest BCUT2D eigenvalue weighted by Crippen LogP contribution is 2.34. The van der Waals surface area contributed by atoms with Crippen LogP contribution in [0.1, 0.15) is 12.5 Å². The molecule has 8 nitrogen and oxygen atoms in total. The molecule has 0 N–H and O–H groups in total. The molecular weight excluding hydrogens is 385 g/mol. The first-order chi connectivity index (χ1) is 12.6. The van der Waals surface area contributed by atoms with Crippen LogP contribution in [0.4, 0.5) is 13.2 Å². The molecule has 0 saturated heterocycles. The summed E-state index contributed by atoms with van der Waals surface area (Å²) < 4.78 is 65.2. The number of pyridine rings is 1. The van der Waals surface area contributed by atoms with Gasteiger partial charge in [0.25, 0.3) is 0 Å². The van der Waals surface area contributed by atoms with Crippen molar-refractivity contribution in [3.8, 4) is 22.9 Å². The fraction of sp³-hybridized carbons (Fsp3) is 0.267. The Morgan fingerprint density at radius 2 is 1.70 bits per heavy atom. The molecule has 0 aliphatic heterocycles. The van der Waals surface area contributed by atoms with Crippen molar-refractivity contribution in [3.63, 3.8) is 0 Å². The Bertz CT molecular complexity index is 1080. The van der Waals surface area contributed by atoms with E-state index in [0.717, 1.165) is 0 Å². The third kappa shape index (κ3) is 3.52. The quantitative estimate of drug-likeness (QED) is 0.663. The van der Waals surface area contributed by atoms with Gasteiger partial charge >= 0.3 is 6.18 Å². The van der Waals surface area contributed by atoms with E-state index in [2.05, 4.69) is 25.1 Å². The molecule has 3 aromatic heterocycles. The molecule has 0 aliphatic rings. The first kappa shape index (κ1) is 18.9. The molecule has 3 heterocycles. The van der Waals surface area contributed by atoms with Gasteiger partial charge in [0, 0.05) is 25.6 Å². The number of rotatable bonds is 4. The number of aromatic nitrogens is 6. The first-order valence-corrected chi connectivity index (χ1v) is 9.25. The largest absolute Gasteiger partial charge is 0.417 e. The van der Waals surface area contributed by atoms with Crippen LogP contribution >= 0.6 is 0 Å². The molecule has 0 fully saturated rings. The molecular formula is C15H13F3N6O2S. The standard InChI is InChI=1S/C15H13F3N6O2S/c1-3-27(25,26)11-4-10(15(16,17)18)7-21-12(11)14-23-22-13(24(14)2)9-5-19-8-20-6-9/h4-8H,3H2,1-2H3. The average Bonchev–Trinajstić information content (AvgIpc) is 3.02. The van der Waals surface area contributed by atoms with Gasteiger partial charge < -0.3 is 4.57 Å². The number of hydrogen-bond donors (Lipinski definition) is 0. The van der Waals surface area contributed by atoms with Gasteiger partial charge in [-0.15, -0.1) is 10.2 Å². The summed E-state index contributed by atoms with van der Waals surface area (Å²) in [6, 6.07) is 0.571. The van der Waals surface area contributed by atoms with E-state index in [9.17, 15) is 21.6 Å². The molecule has 0 atom stereocenters. The van der Waals surface area contributed by atoms with Crippen molar-refractivity contribution in [1.82, 2.24) is 29.7 Å². The highest BCUT2D eigenvalue weighted by atomic mass is 32.2. The summed E-state index contributed by atoms with van der Waals surface area (Å²) in [5.41, 5.74) is -0.856. The SMILES string of the molecule is CCS(=O)(=O)c1cc(C(F)(F)F)cnc1-c1nnc(-c2cncnc2)n1C. The van der Waals surface area contributed by atoms with Gasteiger partial charge in [-0.2, -0.15) is 13.2 Å². The topological polar surface area (TPSA) is 104 Å². The molecule has 0 unspecified atom stereocenters. The molecule has 27 heavy (non-hydrogen) atoms. The highest BCUT2D eigenvalue weighted by molar-refractivity contribution is 7.91. The van der Waals surface area contributed by atoms with E-state index < -0.39 is 26.5 Å². The summed E-state index contributed by atoms with van der Waals surface area (Å²) in [6.07, 6.45) is 0.124. The van der Waals surface area contributed by atoms with E-state index in [1.54, 1.807) is 7.05 Å². The Hall–Kier alpha value is -2.89. The average molecular weight is 398 g/mol. The second-order valence-electron chi connectivity index (χ2n) is 5.51. The minimum absolute atomic E-state index is 0.00889. The molecule has 0 saturated carbocycles. The van der Waals surface area contributed by atoms with Gasteiger partial charge in [-0.3, -0.25) is 4.98 Å². The fourth-order valence-corrected chi connectivity index (χ4v) is 3.42. The first-order valence-electron chi connectivity index (χ1n) is 7.60. The van der Waals surface area contributed by atoms with E-state index in [4.69, 9.17) is 0 Å². The molecule has 12 heteroatoms. The van der Waals surface area contributed by atoms with E-state index in [1.165, 1.54) is 30.2 Å². The van der Waals surface area contributed by atoms with E-state index in [0.29, 0.717) is 23.7 Å². The van der Waals surface area contributed by atoms with Crippen LogP contribution in [0.3, 0.4) is 0 Å². The fourth-order valence-electron chi connectivity index (χ4n) is 2.36. The Balaban J connectivity index is 2.22. The lowest BCUT2D eigenvalue weighted by molar-refractivity contribution is -0.138. The van der Waals surface area contributed by atoms with Crippen LogP contribution in [0.5, 0.6) is 0 Å². The maximum absolute atomic E-state index is 13.0. The minimum Gasteiger partial charge on any atom is -0.309 e. The van der Waals surface area contributed by atoms with Crippen molar-refractivity contribution < 1.29 is 21.6 Å². The van der Waals surface area contributed by atoms with Crippen LogP contribution in [0, 0.1) is 0 Å². The van der Waals surface area contributed by atoms with E-state index >= 15 is 0 Å². The van der Waals surface area contributed by atoms with Crippen LogP contribution in [0.25, 0.3) is 22.9 Å². The van der Waals surface area contributed by atoms with Gasteiger partial charge in [-0.25, -0.2) is 18.4 Å². The van der Waals surface area contributed by atoms with Gasteiger partial charge in [-0.05, 0) is 6.07 Å². The number of nitrogens with zero attached hydrogens (tertiary/aromatic N) is 6. The maximum Gasteiger partial charge on any atom is 0.417 e. The molecule has 0 aromatic carbocycles. The second kappa shape index (κ2) is 6.68. The van der Waals surface area contributed by atoms with Crippen molar-refractivity contribution in [3.05, 3.63) is 36.5 Å². The summed E-state index contributed by atoms with van der Waals surface area (Å²) in [7, 11) is -2.46. The monoisotopic (exact) mass is 398 g/mol. The van der Waals surface area contributed by atoms with Crippen molar-refractivity contribution >= 4 is 9.84 Å². The lowest BCUT2D eigenvalue weighted by Gasteiger charge is -2.12. The normalized spacial score (nSPS) is 12.3.